The largest absolute Gasteiger partial charge is 0.495 e. The first-order valence-corrected chi connectivity index (χ1v) is 8.49. The zero-order valence-electron chi connectivity index (χ0n) is 14.8. The second kappa shape index (κ2) is 7.43. The average molecular weight is 355 g/mol. The second-order valence-electron chi connectivity index (χ2n) is 6.23. The molecule has 0 bridgehead atoms. The van der Waals surface area contributed by atoms with Crippen molar-refractivity contribution in [1.82, 2.24) is 0 Å². The number of rotatable bonds is 5. The lowest BCUT2D eigenvalue weighted by Crippen LogP contribution is -2.44. The summed E-state index contributed by atoms with van der Waals surface area (Å²) in [6.07, 6.45) is 1.98. The quantitative estimate of drug-likeness (QED) is 0.656. The van der Waals surface area contributed by atoms with Crippen molar-refractivity contribution >= 4 is 23.0 Å². The minimum atomic E-state index is -0.501. The van der Waals surface area contributed by atoms with Gasteiger partial charge in [0.25, 0.3) is 5.69 Å². The Morgan fingerprint density at radius 1 is 1.31 bits per heavy atom. The molecule has 7 heteroatoms. The SMILES string of the molecule is COc1ccc([N+](=O)[O-])cc1NC(=O)C(C)N1CCCc2ccccc21. The molecular formula is C19H21N3O4. The number of nitrogens with zero attached hydrogens (tertiary/aromatic N) is 2. The highest BCUT2D eigenvalue weighted by atomic mass is 16.6. The number of carbonyl (C=O) groups excluding carboxylic acids is 1. The Morgan fingerprint density at radius 3 is 2.81 bits per heavy atom. The number of anilines is 2. The third-order valence-electron chi connectivity index (χ3n) is 4.64. The molecule has 0 aromatic heterocycles. The van der Waals surface area contributed by atoms with E-state index in [0.29, 0.717) is 11.4 Å². The molecule has 1 N–H and O–H groups in total. The molecule has 0 spiro atoms. The molecule has 2 aromatic rings. The Balaban J connectivity index is 1.83. The maximum atomic E-state index is 12.8. The van der Waals surface area contributed by atoms with E-state index in [0.717, 1.165) is 25.1 Å². The van der Waals surface area contributed by atoms with Crippen LogP contribution in [0.15, 0.2) is 42.5 Å². The number of para-hydroxylation sites is 1. The fourth-order valence-electron chi connectivity index (χ4n) is 3.25. The maximum Gasteiger partial charge on any atom is 0.271 e. The van der Waals surface area contributed by atoms with Crippen LogP contribution in [-0.2, 0) is 11.2 Å². The van der Waals surface area contributed by atoms with Crippen molar-refractivity contribution in [1.29, 1.82) is 0 Å². The number of fused-ring (bicyclic) bond motifs is 1. The normalized spacial score (nSPS) is 14.3. The fraction of sp³-hybridized carbons (Fsp3) is 0.316. The lowest BCUT2D eigenvalue weighted by Gasteiger charge is -2.35. The van der Waals surface area contributed by atoms with E-state index >= 15 is 0 Å². The van der Waals surface area contributed by atoms with Gasteiger partial charge in [-0.05, 0) is 37.5 Å². The summed E-state index contributed by atoms with van der Waals surface area (Å²) in [5, 5.41) is 13.8. The first-order chi connectivity index (χ1) is 12.5. The summed E-state index contributed by atoms with van der Waals surface area (Å²) in [4.78, 5) is 25.4. The summed E-state index contributed by atoms with van der Waals surface area (Å²) in [7, 11) is 1.46. The molecule has 1 aliphatic heterocycles. The number of nitro benzene ring substituents is 1. The molecule has 7 nitrogen and oxygen atoms in total. The standard InChI is InChI=1S/C19H21N3O4/c1-13(21-11-5-7-14-6-3-4-8-17(14)21)19(23)20-16-12-15(22(24)25)9-10-18(16)26-2/h3-4,6,8-10,12-13H,5,7,11H2,1-2H3,(H,20,23). The van der Waals surface area contributed by atoms with Crippen molar-refractivity contribution in [2.75, 3.05) is 23.9 Å². The van der Waals surface area contributed by atoms with Gasteiger partial charge in [-0.1, -0.05) is 18.2 Å². The van der Waals surface area contributed by atoms with Crippen LogP contribution in [0.25, 0.3) is 0 Å². The number of aryl methyl sites for hydroxylation is 1. The molecule has 3 rings (SSSR count). The van der Waals surface area contributed by atoms with Gasteiger partial charge in [0, 0.05) is 24.4 Å². The highest BCUT2D eigenvalue weighted by molar-refractivity contribution is 5.98. The van der Waals surface area contributed by atoms with Crippen molar-refractivity contribution < 1.29 is 14.5 Å². The highest BCUT2D eigenvalue weighted by Gasteiger charge is 2.26. The monoisotopic (exact) mass is 355 g/mol. The van der Waals surface area contributed by atoms with Gasteiger partial charge >= 0.3 is 0 Å². The lowest BCUT2D eigenvalue weighted by atomic mass is 10.00. The number of hydrogen-bond acceptors (Lipinski definition) is 5. The van der Waals surface area contributed by atoms with Crippen molar-refractivity contribution in [3.8, 4) is 5.75 Å². The summed E-state index contributed by atoms with van der Waals surface area (Å²) < 4.78 is 5.21. The Labute approximate surface area is 151 Å². The van der Waals surface area contributed by atoms with Gasteiger partial charge in [0.05, 0.1) is 17.7 Å². The topological polar surface area (TPSA) is 84.7 Å². The smallest absolute Gasteiger partial charge is 0.271 e. The van der Waals surface area contributed by atoms with Crippen LogP contribution in [0.5, 0.6) is 5.75 Å². The number of ether oxygens (including phenoxy) is 1. The Bertz CT molecular complexity index is 837. The number of methoxy groups -OCH3 is 1. The number of nitro groups is 1. The van der Waals surface area contributed by atoms with Gasteiger partial charge in [-0.15, -0.1) is 0 Å². The molecular weight excluding hydrogens is 334 g/mol. The minimum Gasteiger partial charge on any atom is -0.495 e. The van der Waals surface area contributed by atoms with Crippen LogP contribution in [0.1, 0.15) is 18.9 Å². The molecule has 1 unspecified atom stereocenters. The van der Waals surface area contributed by atoms with Gasteiger partial charge < -0.3 is 15.0 Å². The highest BCUT2D eigenvalue weighted by Crippen LogP contribution is 2.31. The number of benzene rings is 2. The second-order valence-corrected chi connectivity index (χ2v) is 6.23. The van der Waals surface area contributed by atoms with E-state index in [1.807, 2.05) is 25.1 Å². The number of amides is 1. The molecule has 0 aliphatic carbocycles. The minimum absolute atomic E-state index is 0.0999. The Kier molecular flexibility index (Phi) is 5.06. The predicted molar refractivity (Wildman–Crippen MR) is 99.8 cm³/mol. The molecule has 136 valence electrons. The van der Waals surface area contributed by atoms with E-state index in [9.17, 15) is 14.9 Å². The van der Waals surface area contributed by atoms with Crippen LogP contribution < -0.4 is 15.0 Å². The van der Waals surface area contributed by atoms with Gasteiger partial charge in [-0.25, -0.2) is 0 Å². The summed E-state index contributed by atoms with van der Waals surface area (Å²) in [5.74, 6) is 0.149. The molecule has 0 saturated heterocycles. The number of nitrogens with one attached hydrogen (secondary N) is 1. The van der Waals surface area contributed by atoms with E-state index in [1.54, 1.807) is 0 Å². The first kappa shape index (κ1) is 17.7. The van der Waals surface area contributed by atoms with Gasteiger partial charge in [0.2, 0.25) is 5.91 Å². The van der Waals surface area contributed by atoms with Crippen LogP contribution in [0.3, 0.4) is 0 Å². The van der Waals surface area contributed by atoms with Gasteiger partial charge in [0.1, 0.15) is 11.8 Å². The zero-order chi connectivity index (χ0) is 18.7. The van der Waals surface area contributed by atoms with Crippen molar-refractivity contribution in [3.05, 3.63) is 58.1 Å². The summed E-state index contributed by atoms with van der Waals surface area (Å²) >= 11 is 0. The van der Waals surface area contributed by atoms with Crippen molar-refractivity contribution in [2.24, 2.45) is 0 Å². The van der Waals surface area contributed by atoms with Gasteiger partial charge in [-0.2, -0.15) is 0 Å². The van der Waals surface area contributed by atoms with Crippen LogP contribution in [0.4, 0.5) is 17.1 Å². The molecule has 1 heterocycles. The maximum absolute atomic E-state index is 12.8. The Hall–Kier alpha value is -3.09. The third-order valence-corrected chi connectivity index (χ3v) is 4.64. The van der Waals surface area contributed by atoms with Crippen LogP contribution in [-0.4, -0.2) is 30.5 Å². The van der Waals surface area contributed by atoms with Crippen LogP contribution in [0, 0.1) is 10.1 Å². The number of hydrogen-bond donors (Lipinski definition) is 1. The van der Waals surface area contributed by atoms with Gasteiger partial charge in [-0.3, -0.25) is 14.9 Å². The summed E-state index contributed by atoms with van der Waals surface area (Å²) in [5.41, 5.74) is 2.49. The van der Waals surface area contributed by atoms with Crippen LogP contribution >= 0.6 is 0 Å². The molecule has 0 saturated carbocycles. The van der Waals surface area contributed by atoms with Crippen molar-refractivity contribution in [2.45, 2.75) is 25.8 Å². The predicted octanol–water partition coefficient (Wildman–Crippen LogP) is 3.38. The number of non-ortho nitro benzene ring substituents is 1. The third kappa shape index (κ3) is 3.46. The van der Waals surface area contributed by atoms with E-state index < -0.39 is 11.0 Å². The molecule has 1 amide bonds. The zero-order valence-corrected chi connectivity index (χ0v) is 14.8. The van der Waals surface area contributed by atoms with Gasteiger partial charge in [0.15, 0.2) is 0 Å². The van der Waals surface area contributed by atoms with E-state index in [-0.39, 0.29) is 11.6 Å². The number of carbonyl (C=O) groups is 1. The van der Waals surface area contributed by atoms with Crippen molar-refractivity contribution in [3.63, 3.8) is 0 Å². The summed E-state index contributed by atoms with van der Waals surface area (Å²) in [6.45, 7) is 2.62. The summed E-state index contributed by atoms with van der Waals surface area (Å²) in [6, 6.07) is 11.8. The molecule has 0 fully saturated rings. The first-order valence-electron chi connectivity index (χ1n) is 8.49. The van der Waals surface area contributed by atoms with E-state index in [1.165, 1.54) is 30.9 Å². The molecule has 0 radical (unpaired) electrons. The Morgan fingerprint density at radius 2 is 2.08 bits per heavy atom. The van der Waals surface area contributed by atoms with Crippen LogP contribution in [0.2, 0.25) is 0 Å². The molecule has 26 heavy (non-hydrogen) atoms. The molecule has 2 aromatic carbocycles. The van der Waals surface area contributed by atoms with E-state index in [4.69, 9.17) is 4.74 Å². The lowest BCUT2D eigenvalue weighted by molar-refractivity contribution is -0.384. The average Bonchev–Trinajstić information content (AvgIpc) is 2.66. The van der Waals surface area contributed by atoms with E-state index in [2.05, 4.69) is 16.3 Å². The fourth-order valence-corrected chi connectivity index (χ4v) is 3.25. The molecule has 1 aliphatic rings. The molecule has 1 atom stereocenters.